The summed E-state index contributed by atoms with van der Waals surface area (Å²) in [5, 5.41) is 7.91. The molecule has 0 aliphatic rings. The molecule has 160 valence electrons. The van der Waals surface area contributed by atoms with Gasteiger partial charge in [0.15, 0.2) is 6.61 Å². The second kappa shape index (κ2) is 9.40. The van der Waals surface area contributed by atoms with Crippen molar-refractivity contribution in [1.82, 2.24) is 4.98 Å². The van der Waals surface area contributed by atoms with Crippen LogP contribution >= 0.6 is 11.3 Å². The van der Waals surface area contributed by atoms with E-state index in [1.165, 1.54) is 18.3 Å². The molecule has 8 heteroatoms. The second-order valence-corrected chi connectivity index (χ2v) is 7.88. The maximum atomic E-state index is 12.8. The number of pyridine rings is 1. The number of carbonyl (C=O) groups is 3. The summed E-state index contributed by atoms with van der Waals surface area (Å²) in [5.41, 5.74) is 2.84. The van der Waals surface area contributed by atoms with Crippen LogP contribution in [0, 0.1) is 0 Å². The van der Waals surface area contributed by atoms with Gasteiger partial charge in [-0.25, -0.2) is 9.78 Å². The first-order valence-electron chi connectivity index (χ1n) is 9.78. The Morgan fingerprint density at radius 2 is 1.66 bits per heavy atom. The van der Waals surface area contributed by atoms with E-state index in [0.29, 0.717) is 33.5 Å². The largest absolute Gasteiger partial charge is 0.452 e. The average molecular weight is 446 g/mol. The van der Waals surface area contributed by atoms with E-state index in [0.717, 1.165) is 4.88 Å². The first-order chi connectivity index (χ1) is 15.5. The fraction of sp³-hybridized carbons (Fsp3) is 0.0833. The molecule has 0 saturated carbocycles. The zero-order valence-corrected chi connectivity index (χ0v) is 17.9. The average Bonchev–Trinajstić information content (AvgIpc) is 3.33. The summed E-state index contributed by atoms with van der Waals surface area (Å²) in [4.78, 5) is 41.7. The molecule has 4 aromatic rings. The van der Waals surface area contributed by atoms with Crippen LogP contribution in [0.4, 0.5) is 11.4 Å². The van der Waals surface area contributed by atoms with Gasteiger partial charge in [-0.05, 0) is 47.8 Å². The molecule has 0 spiro atoms. The summed E-state index contributed by atoms with van der Waals surface area (Å²) in [6.07, 6.45) is 0. The predicted molar refractivity (Wildman–Crippen MR) is 125 cm³/mol. The Hall–Kier alpha value is -4.04. The van der Waals surface area contributed by atoms with E-state index in [9.17, 15) is 14.4 Å². The number of nitrogens with one attached hydrogen (secondary N) is 2. The number of para-hydroxylation sites is 1. The quantitative estimate of drug-likeness (QED) is 0.419. The highest BCUT2D eigenvalue weighted by atomic mass is 32.1. The molecule has 0 radical (unpaired) electrons. The molecule has 0 bridgehead atoms. The van der Waals surface area contributed by atoms with Gasteiger partial charge in [0, 0.05) is 23.7 Å². The summed E-state index contributed by atoms with van der Waals surface area (Å²) in [6, 6.07) is 19.5. The third-order valence-electron chi connectivity index (χ3n) is 4.53. The lowest BCUT2D eigenvalue weighted by molar-refractivity contribution is -0.119. The molecule has 2 N–H and O–H groups in total. The van der Waals surface area contributed by atoms with Gasteiger partial charge in [-0.3, -0.25) is 9.59 Å². The van der Waals surface area contributed by atoms with Crippen LogP contribution < -0.4 is 10.6 Å². The van der Waals surface area contributed by atoms with E-state index in [-0.39, 0.29) is 5.91 Å². The summed E-state index contributed by atoms with van der Waals surface area (Å²) in [6.45, 7) is 0.983. The van der Waals surface area contributed by atoms with Crippen LogP contribution in [-0.2, 0) is 14.3 Å². The number of amides is 2. The van der Waals surface area contributed by atoms with Crippen LogP contribution in [0.2, 0.25) is 0 Å². The Labute approximate surface area is 188 Å². The molecule has 2 aromatic heterocycles. The fourth-order valence-corrected chi connectivity index (χ4v) is 3.83. The molecule has 2 aromatic carbocycles. The Balaban J connectivity index is 1.46. The molecule has 0 saturated heterocycles. The zero-order valence-electron chi connectivity index (χ0n) is 17.1. The normalized spacial score (nSPS) is 10.5. The molecule has 0 unspecified atom stereocenters. The van der Waals surface area contributed by atoms with Gasteiger partial charge in [0.1, 0.15) is 0 Å². The van der Waals surface area contributed by atoms with E-state index in [4.69, 9.17) is 4.74 Å². The number of aromatic nitrogens is 1. The van der Waals surface area contributed by atoms with Crippen molar-refractivity contribution in [2.24, 2.45) is 0 Å². The SMILES string of the molecule is CC(=O)Nc1ccc(NC(=O)COC(=O)c2cc(-c3cccs3)nc3ccccc23)cc1. The topological polar surface area (TPSA) is 97.4 Å². The zero-order chi connectivity index (χ0) is 22.5. The van der Waals surface area contributed by atoms with Crippen molar-refractivity contribution in [1.29, 1.82) is 0 Å². The van der Waals surface area contributed by atoms with Crippen molar-refractivity contribution in [3.05, 3.63) is 77.7 Å². The predicted octanol–water partition coefficient (Wildman–Crippen LogP) is 4.72. The van der Waals surface area contributed by atoms with Gasteiger partial charge in [-0.2, -0.15) is 0 Å². The van der Waals surface area contributed by atoms with E-state index >= 15 is 0 Å². The van der Waals surface area contributed by atoms with Crippen molar-refractivity contribution in [3.63, 3.8) is 0 Å². The number of hydrogen-bond acceptors (Lipinski definition) is 6. The van der Waals surface area contributed by atoms with Crippen molar-refractivity contribution in [3.8, 4) is 10.6 Å². The number of anilines is 2. The number of fused-ring (bicyclic) bond motifs is 1. The van der Waals surface area contributed by atoms with Gasteiger partial charge in [0.2, 0.25) is 5.91 Å². The summed E-state index contributed by atoms with van der Waals surface area (Å²) < 4.78 is 5.29. The highest BCUT2D eigenvalue weighted by molar-refractivity contribution is 7.13. The van der Waals surface area contributed by atoms with Gasteiger partial charge in [0.05, 0.1) is 21.7 Å². The second-order valence-electron chi connectivity index (χ2n) is 6.93. The number of rotatable bonds is 6. The highest BCUT2D eigenvalue weighted by Gasteiger charge is 2.17. The fourth-order valence-electron chi connectivity index (χ4n) is 3.14. The van der Waals surface area contributed by atoms with Crippen molar-refractivity contribution < 1.29 is 19.1 Å². The van der Waals surface area contributed by atoms with Gasteiger partial charge >= 0.3 is 5.97 Å². The molecule has 0 aliphatic heterocycles. The monoisotopic (exact) mass is 445 g/mol. The van der Waals surface area contributed by atoms with Gasteiger partial charge in [0.25, 0.3) is 5.91 Å². The van der Waals surface area contributed by atoms with Crippen LogP contribution in [0.3, 0.4) is 0 Å². The Morgan fingerprint density at radius 3 is 2.34 bits per heavy atom. The highest BCUT2D eigenvalue weighted by Crippen LogP contribution is 2.28. The van der Waals surface area contributed by atoms with E-state index < -0.39 is 18.5 Å². The number of benzene rings is 2. The van der Waals surface area contributed by atoms with Crippen molar-refractivity contribution in [2.75, 3.05) is 17.2 Å². The Bertz CT molecular complexity index is 1280. The molecule has 0 atom stereocenters. The molecule has 0 fully saturated rings. The summed E-state index contributed by atoms with van der Waals surface area (Å²) >= 11 is 1.53. The minimum atomic E-state index is -0.599. The number of thiophene rings is 1. The number of ether oxygens (including phenoxy) is 1. The Kier molecular flexibility index (Phi) is 6.23. The minimum absolute atomic E-state index is 0.181. The van der Waals surface area contributed by atoms with Gasteiger partial charge < -0.3 is 15.4 Å². The molecule has 7 nitrogen and oxygen atoms in total. The van der Waals surface area contributed by atoms with Crippen LogP contribution in [-0.4, -0.2) is 29.4 Å². The van der Waals surface area contributed by atoms with Crippen LogP contribution in [0.5, 0.6) is 0 Å². The number of hydrogen-bond donors (Lipinski definition) is 2. The first kappa shape index (κ1) is 21.2. The minimum Gasteiger partial charge on any atom is -0.452 e. The first-order valence-corrected chi connectivity index (χ1v) is 10.7. The smallest absolute Gasteiger partial charge is 0.339 e. The standard InChI is InChI=1S/C24H19N3O4S/c1-15(28)25-16-8-10-17(11-9-16)26-23(29)14-31-24(30)19-13-21(22-7-4-12-32-22)27-20-6-3-2-5-18(19)20/h2-13H,14H2,1H3,(H,25,28)(H,26,29). The molecule has 4 rings (SSSR count). The summed E-state index contributed by atoms with van der Waals surface area (Å²) in [5.74, 6) is -1.25. The van der Waals surface area contributed by atoms with Crippen LogP contribution in [0.15, 0.2) is 72.1 Å². The van der Waals surface area contributed by atoms with Crippen LogP contribution in [0.25, 0.3) is 21.5 Å². The van der Waals surface area contributed by atoms with Gasteiger partial charge in [-0.1, -0.05) is 24.3 Å². The van der Waals surface area contributed by atoms with E-state index in [1.807, 2.05) is 35.7 Å². The lowest BCUT2D eigenvalue weighted by Gasteiger charge is -2.10. The lowest BCUT2D eigenvalue weighted by atomic mass is 10.1. The molecule has 2 amide bonds. The van der Waals surface area contributed by atoms with Crippen molar-refractivity contribution >= 4 is 51.4 Å². The number of carbonyl (C=O) groups excluding carboxylic acids is 3. The maximum Gasteiger partial charge on any atom is 0.339 e. The lowest BCUT2D eigenvalue weighted by Crippen LogP contribution is -2.21. The molecule has 2 heterocycles. The van der Waals surface area contributed by atoms with Crippen molar-refractivity contribution in [2.45, 2.75) is 6.92 Å². The van der Waals surface area contributed by atoms with E-state index in [1.54, 1.807) is 36.4 Å². The molecule has 0 aliphatic carbocycles. The van der Waals surface area contributed by atoms with Crippen LogP contribution in [0.1, 0.15) is 17.3 Å². The summed E-state index contributed by atoms with van der Waals surface area (Å²) in [7, 11) is 0. The molecular formula is C24H19N3O4S. The third-order valence-corrected chi connectivity index (χ3v) is 5.43. The Morgan fingerprint density at radius 1 is 0.938 bits per heavy atom. The number of nitrogens with zero attached hydrogens (tertiary/aromatic N) is 1. The molecule has 32 heavy (non-hydrogen) atoms. The molecular weight excluding hydrogens is 426 g/mol. The van der Waals surface area contributed by atoms with E-state index in [2.05, 4.69) is 15.6 Å². The maximum absolute atomic E-state index is 12.8. The number of esters is 1. The third kappa shape index (κ3) is 4.98. The van der Waals surface area contributed by atoms with Gasteiger partial charge in [-0.15, -0.1) is 11.3 Å².